The smallest absolute Gasteiger partial charge is 0.222 e. The van der Waals surface area contributed by atoms with Gasteiger partial charge in [0, 0.05) is 32.0 Å². The van der Waals surface area contributed by atoms with Crippen LogP contribution in [-0.4, -0.2) is 48.4 Å². The van der Waals surface area contributed by atoms with Crippen LogP contribution in [0.2, 0.25) is 0 Å². The molecule has 0 unspecified atom stereocenters. The van der Waals surface area contributed by atoms with E-state index < -0.39 is 0 Å². The number of carbonyl (C=O) groups excluding carboxylic acids is 1. The number of hydrogen-bond acceptors (Lipinski definition) is 2. The van der Waals surface area contributed by atoms with Gasteiger partial charge in [0.1, 0.15) is 5.82 Å². The number of nitrogens with zero attached hydrogens (tertiary/aromatic N) is 2. The van der Waals surface area contributed by atoms with Crippen LogP contribution in [0.15, 0.2) is 24.3 Å². The first-order chi connectivity index (χ1) is 12.0. The van der Waals surface area contributed by atoms with Crippen LogP contribution in [0.5, 0.6) is 0 Å². The first-order valence-electron chi connectivity index (χ1n) is 9.78. The Bertz CT molecular complexity index is 566. The minimum absolute atomic E-state index is 0.193. The van der Waals surface area contributed by atoms with Crippen LogP contribution in [0.1, 0.15) is 51.0 Å². The Balaban J connectivity index is 1.73. The van der Waals surface area contributed by atoms with Crippen molar-refractivity contribution >= 4 is 5.91 Å². The van der Waals surface area contributed by atoms with Gasteiger partial charge in [-0.2, -0.15) is 0 Å². The number of benzene rings is 1. The van der Waals surface area contributed by atoms with Gasteiger partial charge in [-0.1, -0.05) is 32.4 Å². The van der Waals surface area contributed by atoms with Gasteiger partial charge in [-0.15, -0.1) is 0 Å². The fourth-order valence-electron chi connectivity index (χ4n) is 4.30. The van der Waals surface area contributed by atoms with E-state index in [4.69, 9.17) is 0 Å². The summed E-state index contributed by atoms with van der Waals surface area (Å²) in [5.74, 6) is 1.22. The van der Waals surface area contributed by atoms with E-state index in [1.54, 1.807) is 12.1 Å². The Morgan fingerprint density at radius 2 is 1.80 bits per heavy atom. The number of piperidine rings is 1. The summed E-state index contributed by atoms with van der Waals surface area (Å²) in [4.78, 5) is 17.2. The molecule has 2 saturated heterocycles. The lowest BCUT2D eigenvalue weighted by atomic mass is 9.88. The maximum Gasteiger partial charge on any atom is 0.222 e. The van der Waals surface area contributed by atoms with E-state index in [2.05, 4.69) is 18.7 Å². The fourth-order valence-corrected chi connectivity index (χ4v) is 4.30. The van der Waals surface area contributed by atoms with E-state index in [9.17, 15) is 9.18 Å². The number of amides is 1. The highest BCUT2D eigenvalue weighted by Crippen LogP contribution is 2.34. The van der Waals surface area contributed by atoms with Crippen LogP contribution >= 0.6 is 0 Å². The van der Waals surface area contributed by atoms with Crippen molar-refractivity contribution in [3.63, 3.8) is 0 Å². The standard InChI is InChI=1S/C21H31FN2O/c1-16(2)12-21(25)24-14-18(13-23-10-4-3-5-11-23)20(15-24)17-6-8-19(22)9-7-17/h6-9,16,18,20H,3-5,10-15H2,1-2H3/t18-,20+/m1/s1. The predicted octanol–water partition coefficient (Wildman–Crippen LogP) is 3.90. The molecule has 0 saturated carbocycles. The molecule has 0 bridgehead atoms. The first-order valence-corrected chi connectivity index (χ1v) is 9.78. The number of halogens is 1. The maximum absolute atomic E-state index is 13.3. The molecule has 0 N–H and O–H groups in total. The number of carbonyl (C=O) groups is 1. The van der Waals surface area contributed by atoms with Crippen molar-refractivity contribution in [2.45, 2.75) is 45.4 Å². The summed E-state index contributed by atoms with van der Waals surface area (Å²) in [6.07, 6.45) is 4.52. The highest BCUT2D eigenvalue weighted by Gasteiger charge is 2.37. The summed E-state index contributed by atoms with van der Waals surface area (Å²) in [5, 5.41) is 0. The van der Waals surface area contributed by atoms with Crippen LogP contribution in [0.4, 0.5) is 4.39 Å². The molecule has 2 atom stereocenters. The Morgan fingerprint density at radius 3 is 2.44 bits per heavy atom. The lowest BCUT2D eigenvalue weighted by Crippen LogP contribution is -2.37. The highest BCUT2D eigenvalue weighted by molar-refractivity contribution is 5.76. The average molecular weight is 346 g/mol. The molecule has 1 aromatic carbocycles. The zero-order chi connectivity index (χ0) is 17.8. The minimum atomic E-state index is -0.193. The van der Waals surface area contributed by atoms with E-state index in [0.29, 0.717) is 24.2 Å². The number of hydrogen-bond donors (Lipinski definition) is 0. The second-order valence-electron chi connectivity index (χ2n) is 8.18. The SMILES string of the molecule is CC(C)CC(=O)N1C[C@@H](CN2CCCCC2)[C@H](c2ccc(F)cc2)C1. The summed E-state index contributed by atoms with van der Waals surface area (Å²) in [5.41, 5.74) is 1.17. The van der Waals surface area contributed by atoms with E-state index >= 15 is 0 Å². The molecule has 0 radical (unpaired) electrons. The van der Waals surface area contributed by atoms with Crippen molar-refractivity contribution in [3.05, 3.63) is 35.6 Å². The Kier molecular flexibility index (Phi) is 6.10. The molecule has 2 aliphatic heterocycles. The van der Waals surface area contributed by atoms with Crippen LogP contribution in [0, 0.1) is 17.7 Å². The molecular formula is C21H31FN2O. The molecule has 0 aromatic heterocycles. The minimum Gasteiger partial charge on any atom is -0.342 e. The number of rotatable bonds is 5. The summed E-state index contributed by atoms with van der Waals surface area (Å²) >= 11 is 0. The Labute approximate surface area is 151 Å². The molecule has 0 aliphatic carbocycles. The van der Waals surface area contributed by atoms with Gasteiger partial charge in [0.05, 0.1) is 0 Å². The molecule has 1 aromatic rings. The van der Waals surface area contributed by atoms with Crippen molar-refractivity contribution in [1.82, 2.24) is 9.80 Å². The lowest BCUT2D eigenvalue weighted by Gasteiger charge is -2.31. The molecule has 4 heteroatoms. The molecule has 2 aliphatic rings. The van der Waals surface area contributed by atoms with E-state index in [1.807, 2.05) is 17.0 Å². The third-order valence-corrected chi connectivity index (χ3v) is 5.62. The summed E-state index contributed by atoms with van der Waals surface area (Å²) < 4.78 is 13.3. The molecule has 0 spiro atoms. The van der Waals surface area contributed by atoms with Gasteiger partial charge in [-0.25, -0.2) is 4.39 Å². The normalized spacial score (nSPS) is 24.9. The third kappa shape index (κ3) is 4.81. The first kappa shape index (κ1) is 18.4. The largest absolute Gasteiger partial charge is 0.342 e. The van der Waals surface area contributed by atoms with E-state index in [-0.39, 0.29) is 11.7 Å². The Hall–Kier alpha value is -1.42. The van der Waals surface area contributed by atoms with Crippen molar-refractivity contribution in [2.24, 2.45) is 11.8 Å². The predicted molar refractivity (Wildman–Crippen MR) is 99.0 cm³/mol. The average Bonchev–Trinajstić information content (AvgIpc) is 3.00. The summed E-state index contributed by atoms with van der Waals surface area (Å²) in [7, 11) is 0. The van der Waals surface area contributed by atoms with Gasteiger partial charge in [0.2, 0.25) is 5.91 Å². The van der Waals surface area contributed by atoms with Gasteiger partial charge in [0.25, 0.3) is 0 Å². The van der Waals surface area contributed by atoms with Crippen LogP contribution in [-0.2, 0) is 4.79 Å². The molecule has 1 amide bonds. The lowest BCUT2D eigenvalue weighted by molar-refractivity contribution is -0.131. The zero-order valence-electron chi connectivity index (χ0n) is 15.6. The van der Waals surface area contributed by atoms with Crippen molar-refractivity contribution < 1.29 is 9.18 Å². The molecular weight excluding hydrogens is 315 g/mol. The summed E-state index contributed by atoms with van der Waals surface area (Å²) in [6.45, 7) is 9.19. The molecule has 2 heterocycles. The molecule has 3 rings (SSSR count). The number of likely N-dealkylation sites (tertiary alicyclic amines) is 2. The highest BCUT2D eigenvalue weighted by atomic mass is 19.1. The third-order valence-electron chi connectivity index (χ3n) is 5.62. The van der Waals surface area contributed by atoms with E-state index in [1.165, 1.54) is 37.9 Å². The van der Waals surface area contributed by atoms with Crippen LogP contribution < -0.4 is 0 Å². The monoisotopic (exact) mass is 346 g/mol. The van der Waals surface area contributed by atoms with Gasteiger partial charge in [-0.05, 0) is 55.5 Å². The maximum atomic E-state index is 13.3. The Morgan fingerprint density at radius 1 is 1.12 bits per heavy atom. The van der Waals surface area contributed by atoms with Crippen molar-refractivity contribution in [3.8, 4) is 0 Å². The van der Waals surface area contributed by atoms with Crippen LogP contribution in [0.25, 0.3) is 0 Å². The quantitative estimate of drug-likeness (QED) is 0.807. The summed E-state index contributed by atoms with van der Waals surface area (Å²) in [6, 6.07) is 6.90. The topological polar surface area (TPSA) is 23.6 Å². The zero-order valence-corrected chi connectivity index (χ0v) is 15.6. The molecule has 138 valence electrons. The second kappa shape index (κ2) is 8.31. The molecule has 2 fully saturated rings. The van der Waals surface area contributed by atoms with Gasteiger partial charge in [0.15, 0.2) is 0 Å². The van der Waals surface area contributed by atoms with Crippen LogP contribution in [0.3, 0.4) is 0 Å². The second-order valence-corrected chi connectivity index (χ2v) is 8.18. The van der Waals surface area contributed by atoms with Gasteiger partial charge < -0.3 is 9.80 Å². The van der Waals surface area contributed by atoms with Crippen molar-refractivity contribution in [2.75, 3.05) is 32.7 Å². The fraction of sp³-hybridized carbons (Fsp3) is 0.667. The van der Waals surface area contributed by atoms with Gasteiger partial charge >= 0.3 is 0 Å². The molecule has 3 nitrogen and oxygen atoms in total. The molecule has 25 heavy (non-hydrogen) atoms. The van der Waals surface area contributed by atoms with E-state index in [0.717, 1.165) is 19.6 Å². The van der Waals surface area contributed by atoms with Crippen molar-refractivity contribution in [1.29, 1.82) is 0 Å². The van der Waals surface area contributed by atoms with Gasteiger partial charge in [-0.3, -0.25) is 4.79 Å².